The fraction of sp³-hybridized carbons (Fsp3) is 0.211. The van der Waals surface area contributed by atoms with Gasteiger partial charge in [0.15, 0.2) is 5.54 Å². The third-order valence-electron chi connectivity index (χ3n) is 5.36. The molecule has 6 heteroatoms. The number of likely N-dealkylation sites (N-methyl/N-ethyl adjacent to an activating group) is 1. The van der Waals surface area contributed by atoms with Gasteiger partial charge in [-0.25, -0.2) is 0 Å². The van der Waals surface area contributed by atoms with Crippen molar-refractivity contribution in [1.29, 1.82) is 0 Å². The number of nitrogens with one attached hydrogen (secondary N) is 2. The Balaban J connectivity index is 1.87. The summed E-state index contributed by atoms with van der Waals surface area (Å²) in [5, 5.41) is 5.32. The van der Waals surface area contributed by atoms with E-state index in [1.54, 1.807) is 4.90 Å². The van der Waals surface area contributed by atoms with Gasteiger partial charge >= 0.3 is 0 Å². The lowest BCUT2D eigenvalue weighted by molar-refractivity contribution is -0.122. The molecule has 0 aliphatic carbocycles. The van der Waals surface area contributed by atoms with Crippen LogP contribution in [0.1, 0.15) is 16.8 Å². The van der Waals surface area contributed by atoms with Crippen LogP contribution in [-0.4, -0.2) is 24.5 Å². The molecule has 0 saturated heterocycles. The van der Waals surface area contributed by atoms with Crippen LogP contribution in [0.25, 0.3) is 10.9 Å². The largest absolute Gasteiger partial charge is 0.356 e. The summed E-state index contributed by atoms with van der Waals surface area (Å²) in [5.74, 6) is 0.0409. The standard InChI is InChI=1S/C19H15BrClN3O/c1-24-16-5-2-10(20)8-14(16)19(18(24)25)17-12(6-7-22-19)13-9-11(21)3-4-15(13)23-17/h2-5,8-9,22-23H,6-7H2,1H3/t19-/m1/s1. The lowest BCUT2D eigenvalue weighted by Crippen LogP contribution is -2.54. The van der Waals surface area contributed by atoms with Crippen LogP contribution < -0.4 is 10.2 Å². The van der Waals surface area contributed by atoms with Gasteiger partial charge in [0.25, 0.3) is 5.91 Å². The van der Waals surface area contributed by atoms with Crippen molar-refractivity contribution < 1.29 is 4.79 Å². The molecule has 2 aromatic carbocycles. The molecule has 2 N–H and O–H groups in total. The number of hydrogen-bond acceptors (Lipinski definition) is 2. The van der Waals surface area contributed by atoms with Crippen LogP contribution in [0.3, 0.4) is 0 Å². The summed E-state index contributed by atoms with van der Waals surface area (Å²) in [4.78, 5) is 18.6. The Morgan fingerprint density at radius 2 is 2.08 bits per heavy atom. The highest BCUT2D eigenvalue weighted by atomic mass is 79.9. The Kier molecular flexibility index (Phi) is 3.15. The van der Waals surface area contributed by atoms with E-state index in [2.05, 4.69) is 26.2 Å². The predicted molar refractivity (Wildman–Crippen MR) is 103 cm³/mol. The van der Waals surface area contributed by atoms with Gasteiger partial charge in [-0.1, -0.05) is 27.5 Å². The quantitative estimate of drug-likeness (QED) is 0.583. The SMILES string of the molecule is CN1C(=O)[C@@]2(NCCc3c2[nH]c2ccc(Cl)cc32)c2cc(Br)ccc21. The smallest absolute Gasteiger partial charge is 0.257 e. The molecule has 5 rings (SSSR count). The summed E-state index contributed by atoms with van der Waals surface area (Å²) in [6.45, 7) is 0.734. The Labute approximate surface area is 158 Å². The summed E-state index contributed by atoms with van der Waals surface area (Å²) in [6, 6.07) is 11.8. The maximum absolute atomic E-state index is 13.4. The van der Waals surface area contributed by atoms with Gasteiger partial charge in [0, 0.05) is 45.2 Å². The zero-order chi connectivity index (χ0) is 17.3. The molecule has 2 aliphatic heterocycles. The first-order valence-corrected chi connectivity index (χ1v) is 9.33. The van der Waals surface area contributed by atoms with Gasteiger partial charge in [-0.15, -0.1) is 0 Å². The zero-order valence-corrected chi connectivity index (χ0v) is 15.8. The fourth-order valence-corrected chi connectivity index (χ4v) is 4.79. The number of carbonyl (C=O) groups is 1. The van der Waals surface area contributed by atoms with Crippen molar-refractivity contribution in [1.82, 2.24) is 10.3 Å². The number of benzene rings is 2. The maximum Gasteiger partial charge on any atom is 0.257 e. The molecular formula is C19H15BrClN3O. The first-order chi connectivity index (χ1) is 12.0. The van der Waals surface area contributed by atoms with Gasteiger partial charge in [-0.2, -0.15) is 0 Å². The van der Waals surface area contributed by atoms with Crippen LogP contribution in [0, 0.1) is 0 Å². The highest BCUT2D eigenvalue weighted by molar-refractivity contribution is 9.10. The fourth-order valence-electron chi connectivity index (χ4n) is 4.25. The van der Waals surface area contributed by atoms with E-state index in [1.165, 1.54) is 5.56 Å². The molecule has 1 aromatic heterocycles. The molecule has 0 radical (unpaired) electrons. The van der Waals surface area contributed by atoms with E-state index in [-0.39, 0.29) is 5.91 Å². The van der Waals surface area contributed by atoms with Gasteiger partial charge in [-0.3, -0.25) is 10.1 Å². The molecule has 126 valence electrons. The summed E-state index contributed by atoms with van der Waals surface area (Å²) in [7, 11) is 1.83. The summed E-state index contributed by atoms with van der Waals surface area (Å²) in [5.41, 5.74) is 4.16. The maximum atomic E-state index is 13.4. The van der Waals surface area contributed by atoms with Gasteiger partial charge < -0.3 is 9.88 Å². The summed E-state index contributed by atoms with van der Waals surface area (Å²) < 4.78 is 0.960. The second-order valence-electron chi connectivity index (χ2n) is 6.62. The van der Waals surface area contributed by atoms with E-state index in [0.717, 1.165) is 45.3 Å². The number of aromatic nitrogens is 1. The third kappa shape index (κ3) is 1.89. The number of nitrogens with zero attached hydrogens (tertiary/aromatic N) is 1. The van der Waals surface area contributed by atoms with Crippen molar-refractivity contribution in [2.75, 3.05) is 18.5 Å². The van der Waals surface area contributed by atoms with Crippen LogP contribution >= 0.6 is 27.5 Å². The van der Waals surface area contributed by atoms with Crippen molar-refractivity contribution in [3.63, 3.8) is 0 Å². The molecule has 1 amide bonds. The van der Waals surface area contributed by atoms with Crippen LogP contribution in [-0.2, 0) is 16.8 Å². The molecule has 3 aromatic rings. The first kappa shape index (κ1) is 15.4. The molecule has 2 aliphatic rings. The Morgan fingerprint density at radius 1 is 1.24 bits per heavy atom. The normalized spacial score (nSPS) is 21.9. The minimum atomic E-state index is -0.868. The number of halogens is 2. The van der Waals surface area contributed by atoms with Gasteiger partial charge in [-0.05, 0) is 48.4 Å². The number of fused-ring (bicyclic) bond motifs is 6. The van der Waals surface area contributed by atoms with E-state index >= 15 is 0 Å². The molecule has 0 saturated carbocycles. The van der Waals surface area contributed by atoms with E-state index in [4.69, 9.17) is 11.6 Å². The van der Waals surface area contributed by atoms with Crippen LogP contribution in [0.5, 0.6) is 0 Å². The Hall–Kier alpha value is -1.82. The number of amides is 1. The number of hydrogen-bond donors (Lipinski definition) is 2. The number of aromatic amines is 1. The van der Waals surface area contributed by atoms with Gasteiger partial charge in [0.2, 0.25) is 0 Å². The Morgan fingerprint density at radius 3 is 2.92 bits per heavy atom. The van der Waals surface area contributed by atoms with E-state index in [1.807, 2.05) is 43.4 Å². The summed E-state index contributed by atoms with van der Waals surface area (Å²) in [6.07, 6.45) is 0.859. The highest BCUT2D eigenvalue weighted by Crippen LogP contribution is 2.48. The molecule has 4 nitrogen and oxygen atoms in total. The first-order valence-electron chi connectivity index (χ1n) is 8.16. The van der Waals surface area contributed by atoms with E-state index in [9.17, 15) is 4.79 Å². The monoisotopic (exact) mass is 415 g/mol. The Bertz CT molecular complexity index is 1060. The van der Waals surface area contributed by atoms with Crippen molar-refractivity contribution >= 4 is 50.0 Å². The number of H-pyrrole nitrogens is 1. The van der Waals surface area contributed by atoms with Crippen molar-refractivity contribution in [2.45, 2.75) is 12.0 Å². The lowest BCUT2D eigenvalue weighted by Gasteiger charge is -2.34. The lowest BCUT2D eigenvalue weighted by atomic mass is 9.82. The van der Waals surface area contributed by atoms with E-state index < -0.39 is 5.54 Å². The van der Waals surface area contributed by atoms with Crippen molar-refractivity contribution in [2.24, 2.45) is 0 Å². The minimum Gasteiger partial charge on any atom is -0.356 e. The van der Waals surface area contributed by atoms with Crippen molar-refractivity contribution in [3.8, 4) is 0 Å². The molecule has 1 spiro atoms. The number of rotatable bonds is 0. The molecule has 1 atom stereocenters. The average Bonchev–Trinajstić information content (AvgIpc) is 3.06. The summed E-state index contributed by atoms with van der Waals surface area (Å²) >= 11 is 9.77. The van der Waals surface area contributed by atoms with Crippen LogP contribution in [0.15, 0.2) is 40.9 Å². The van der Waals surface area contributed by atoms with E-state index in [0.29, 0.717) is 5.02 Å². The molecular weight excluding hydrogens is 402 g/mol. The number of anilines is 1. The topological polar surface area (TPSA) is 48.1 Å². The van der Waals surface area contributed by atoms with Crippen LogP contribution in [0.2, 0.25) is 5.02 Å². The third-order valence-corrected chi connectivity index (χ3v) is 6.09. The minimum absolute atomic E-state index is 0.0409. The molecule has 25 heavy (non-hydrogen) atoms. The highest BCUT2D eigenvalue weighted by Gasteiger charge is 2.54. The average molecular weight is 417 g/mol. The second kappa shape index (κ2) is 5.10. The second-order valence-corrected chi connectivity index (χ2v) is 7.97. The number of carbonyl (C=O) groups excluding carboxylic acids is 1. The van der Waals surface area contributed by atoms with Gasteiger partial charge in [0.1, 0.15) is 0 Å². The predicted octanol–water partition coefficient (Wildman–Crippen LogP) is 3.95. The molecule has 0 fully saturated rings. The van der Waals surface area contributed by atoms with Crippen LogP contribution in [0.4, 0.5) is 5.69 Å². The van der Waals surface area contributed by atoms with Gasteiger partial charge in [0.05, 0.1) is 5.69 Å². The zero-order valence-electron chi connectivity index (χ0n) is 13.5. The van der Waals surface area contributed by atoms with Crippen molar-refractivity contribution in [3.05, 3.63) is 62.7 Å². The molecule has 3 heterocycles. The molecule has 0 bridgehead atoms. The molecule has 0 unspecified atom stereocenters.